The molecule has 9 nitrogen and oxygen atoms in total. The topological polar surface area (TPSA) is 106 Å². The van der Waals surface area contributed by atoms with Crippen molar-refractivity contribution in [2.45, 2.75) is 6.92 Å². The highest BCUT2D eigenvalue weighted by Gasteiger charge is 2.12. The first-order valence-corrected chi connectivity index (χ1v) is 9.81. The summed E-state index contributed by atoms with van der Waals surface area (Å²) in [5.41, 5.74) is 2.19. The number of fused-ring (bicyclic) bond motifs is 1. The maximum Gasteiger partial charge on any atom is 0.270 e. The number of hydrogen-bond donors (Lipinski definition) is 2. The van der Waals surface area contributed by atoms with E-state index in [1.54, 1.807) is 17.0 Å². The quantitative estimate of drug-likeness (QED) is 0.452. The molecule has 1 amide bonds. The van der Waals surface area contributed by atoms with Crippen molar-refractivity contribution in [3.8, 4) is 16.3 Å². The molecule has 3 aromatic heterocycles. The Morgan fingerprint density at radius 1 is 1.21 bits per heavy atom. The van der Waals surface area contributed by atoms with Gasteiger partial charge in [-0.05, 0) is 31.2 Å². The molecule has 0 radical (unpaired) electrons. The van der Waals surface area contributed by atoms with E-state index in [2.05, 4.69) is 30.7 Å². The van der Waals surface area contributed by atoms with E-state index in [0.29, 0.717) is 24.6 Å². The van der Waals surface area contributed by atoms with Gasteiger partial charge in [-0.2, -0.15) is 14.6 Å². The van der Waals surface area contributed by atoms with Gasteiger partial charge in [0.15, 0.2) is 0 Å². The van der Waals surface area contributed by atoms with Crippen molar-refractivity contribution < 1.29 is 9.53 Å². The molecule has 0 saturated carbocycles. The van der Waals surface area contributed by atoms with Gasteiger partial charge in [-0.25, -0.2) is 9.97 Å². The third-order valence-corrected chi connectivity index (χ3v) is 5.06. The molecule has 0 aliphatic rings. The van der Waals surface area contributed by atoms with Gasteiger partial charge in [-0.3, -0.25) is 4.79 Å². The van der Waals surface area contributed by atoms with Crippen LogP contribution in [-0.2, 0) is 0 Å². The molecule has 4 aromatic rings. The molecular weight excluding hydrogens is 390 g/mol. The van der Waals surface area contributed by atoms with Crippen LogP contribution >= 0.6 is 11.3 Å². The fourth-order valence-corrected chi connectivity index (χ4v) is 3.56. The van der Waals surface area contributed by atoms with Gasteiger partial charge < -0.3 is 15.4 Å². The minimum absolute atomic E-state index is 0.209. The summed E-state index contributed by atoms with van der Waals surface area (Å²) in [5.74, 6) is 1.88. The van der Waals surface area contributed by atoms with E-state index in [9.17, 15) is 4.79 Å². The van der Waals surface area contributed by atoms with E-state index in [0.717, 1.165) is 27.8 Å². The van der Waals surface area contributed by atoms with Gasteiger partial charge in [0.25, 0.3) is 11.7 Å². The van der Waals surface area contributed by atoms with Crippen LogP contribution in [0.4, 0.5) is 5.82 Å². The Bertz CT molecular complexity index is 1140. The molecule has 0 unspecified atom stereocenters. The number of nitrogens with zero attached hydrogens (tertiary/aromatic N) is 5. The third-order valence-electron chi connectivity index (χ3n) is 4.17. The van der Waals surface area contributed by atoms with E-state index < -0.39 is 0 Å². The molecule has 10 heteroatoms. The van der Waals surface area contributed by atoms with Crippen LogP contribution in [0.5, 0.6) is 5.75 Å². The molecule has 0 bridgehead atoms. The van der Waals surface area contributed by atoms with Crippen LogP contribution in [0.1, 0.15) is 16.2 Å². The molecule has 0 fully saturated rings. The average Bonchev–Trinajstić information content (AvgIpc) is 3.40. The highest BCUT2D eigenvalue weighted by Crippen LogP contribution is 2.25. The van der Waals surface area contributed by atoms with Crippen LogP contribution in [0.2, 0.25) is 0 Å². The fraction of sp³-hybridized carbons (Fsp3) is 0.211. The number of aryl methyl sites for hydroxylation is 1. The van der Waals surface area contributed by atoms with Gasteiger partial charge >= 0.3 is 0 Å². The zero-order chi connectivity index (χ0) is 20.2. The summed E-state index contributed by atoms with van der Waals surface area (Å²) < 4.78 is 6.78. The standard InChI is InChI=1S/C19H19N7O2S/c1-12-9-16(26-19(24-12)22-11-23-26)20-7-8-21-17(27)15-10-29-18(25-15)13-3-5-14(28-2)6-4-13/h3-6,9-11,20H,7-8H2,1-2H3,(H,21,27). The Hall–Kier alpha value is -3.53. The van der Waals surface area contributed by atoms with Crippen LogP contribution in [0, 0.1) is 6.92 Å². The summed E-state index contributed by atoms with van der Waals surface area (Å²) >= 11 is 1.43. The van der Waals surface area contributed by atoms with E-state index in [4.69, 9.17) is 4.74 Å². The van der Waals surface area contributed by atoms with Crippen molar-refractivity contribution in [1.29, 1.82) is 0 Å². The molecule has 0 spiro atoms. The molecule has 3 heterocycles. The number of carbonyl (C=O) groups excluding carboxylic acids is 1. The summed E-state index contributed by atoms with van der Waals surface area (Å²) in [7, 11) is 1.63. The maximum absolute atomic E-state index is 12.4. The van der Waals surface area contributed by atoms with Crippen LogP contribution in [-0.4, -0.2) is 50.7 Å². The van der Waals surface area contributed by atoms with Gasteiger partial charge in [0.2, 0.25) is 0 Å². The van der Waals surface area contributed by atoms with Gasteiger partial charge in [-0.1, -0.05) is 0 Å². The molecule has 0 aliphatic heterocycles. The molecule has 1 aromatic carbocycles. The average molecular weight is 409 g/mol. The Labute approximate surface area is 170 Å². The number of anilines is 1. The minimum Gasteiger partial charge on any atom is -0.497 e. The molecule has 0 aliphatic carbocycles. The van der Waals surface area contributed by atoms with Crippen molar-refractivity contribution in [2.24, 2.45) is 0 Å². The second kappa shape index (κ2) is 8.23. The zero-order valence-electron chi connectivity index (χ0n) is 15.9. The normalized spacial score (nSPS) is 10.8. The Morgan fingerprint density at radius 2 is 2.03 bits per heavy atom. The smallest absolute Gasteiger partial charge is 0.270 e. The second-order valence-corrected chi connectivity index (χ2v) is 7.06. The van der Waals surface area contributed by atoms with E-state index in [1.807, 2.05) is 37.3 Å². The zero-order valence-corrected chi connectivity index (χ0v) is 16.7. The second-order valence-electron chi connectivity index (χ2n) is 6.20. The molecule has 0 atom stereocenters. The van der Waals surface area contributed by atoms with Crippen molar-refractivity contribution >= 4 is 28.8 Å². The summed E-state index contributed by atoms with van der Waals surface area (Å²) in [6.45, 7) is 2.86. The predicted molar refractivity (Wildman–Crippen MR) is 110 cm³/mol. The monoisotopic (exact) mass is 409 g/mol. The number of carbonyl (C=O) groups is 1. The lowest BCUT2D eigenvalue weighted by Gasteiger charge is -2.09. The molecule has 4 rings (SSSR count). The van der Waals surface area contributed by atoms with E-state index in [-0.39, 0.29) is 5.91 Å². The number of aromatic nitrogens is 5. The summed E-state index contributed by atoms with van der Waals surface area (Å²) in [4.78, 5) is 25.2. The Balaban J connectivity index is 1.33. The largest absolute Gasteiger partial charge is 0.497 e. The lowest BCUT2D eigenvalue weighted by molar-refractivity contribution is 0.0951. The Morgan fingerprint density at radius 3 is 2.83 bits per heavy atom. The van der Waals surface area contributed by atoms with Crippen LogP contribution < -0.4 is 15.4 Å². The van der Waals surface area contributed by atoms with E-state index >= 15 is 0 Å². The van der Waals surface area contributed by atoms with E-state index in [1.165, 1.54) is 17.7 Å². The molecule has 29 heavy (non-hydrogen) atoms. The number of rotatable bonds is 7. The summed E-state index contributed by atoms with van der Waals surface area (Å²) in [5, 5.41) is 12.8. The van der Waals surface area contributed by atoms with Gasteiger partial charge in [-0.15, -0.1) is 11.3 Å². The number of nitrogens with one attached hydrogen (secondary N) is 2. The molecule has 148 valence electrons. The van der Waals surface area contributed by atoms with Crippen molar-refractivity contribution in [3.63, 3.8) is 0 Å². The molecule has 2 N–H and O–H groups in total. The van der Waals surface area contributed by atoms with Crippen LogP contribution in [0.25, 0.3) is 16.3 Å². The first kappa shape index (κ1) is 18.8. The van der Waals surface area contributed by atoms with Crippen molar-refractivity contribution in [2.75, 3.05) is 25.5 Å². The van der Waals surface area contributed by atoms with Crippen molar-refractivity contribution in [3.05, 3.63) is 53.4 Å². The van der Waals surface area contributed by atoms with Gasteiger partial charge in [0, 0.05) is 35.8 Å². The molecular formula is C19H19N7O2S. The molecule has 0 saturated heterocycles. The summed E-state index contributed by atoms with van der Waals surface area (Å²) in [6, 6.07) is 9.46. The lowest BCUT2D eigenvalue weighted by atomic mass is 10.2. The number of amides is 1. The van der Waals surface area contributed by atoms with Crippen LogP contribution in [0.3, 0.4) is 0 Å². The highest BCUT2D eigenvalue weighted by atomic mass is 32.1. The number of methoxy groups -OCH3 is 1. The maximum atomic E-state index is 12.4. The number of ether oxygens (including phenoxy) is 1. The number of benzene rings is 1. The van der Waals surface area contributed by atoms with Gasteiger partial charge in [0.05, 0.1) is 7.11 Å². The SMILES string of the molecule is COc1ccc(-c2nc(C(=O)NCCNc3cc(C)nc4ncnn34)cs2)cc1. The number of hydrogen-bond acceptors (Lipinski definition) is 8. The lowest BCUT2D eigenvalue weighted by Crippen LogP contribution is -2.29. The fourth-order valence-electron chi connectivity index (χ4n) is 2.76. The first-order chi connectivity index (χ1) is 14.1. The Kier molecular flexibility index (Phi) is 5.34. The van der Waals surface area contributed by atoms with Crippen molar-refractivity contribution in [1.82, 2.24) is 29.9 Å². The summed E-state index contributed by atoms with van der Waals surface area (Å²) in [6.07, 6.45) is 1.46. The number of thiazole rings is 1. The minimum atomic E-state index is -0.209. The predicted octanol–water partition coefficient (Wildman–Crippen LogP) is 2.41. The van der Waals surface area contributed by atoms with Gasteiger partial charge in [0.1, 0.15) is 28.6 Å². The van der Waals surface area contributed by atoms with Crippen LogP contribution in [0.15, 0.2) is 42.0 Å². The first-order valence-electron chi connectivity index (χ1n) is 8.93. The highest BCUT2D eigenvalue weighted by molar-refractivity contribution is 7.13. The third kappa shape index (κ3) is 4.16.